The molecule has 0 bridgehead atoms. The summed E-state index contributed by atoms with van der Waals surface area (Å²) in [4.78, 5) is 0. The number of aliphatic hydroxyl groups excluding tert-OH is 2. The molecule has 0 saturated carbocycles. The van der Waals surface area contributed by atoms with E-state index in [1.165, 1.54) is 16.5 Å². The number of aliphatic hydroxyl groups is 2. The van der Waals surface area contributed by atoms with Crippen molar-refractivity contribution in [3.8, 4) is 0 Å². The molecule has 2 nitrogen and oxygen atoms in total. The van der Waals surface area contributed by atoms with Crippen molar-refractivity contribution in [1.29, 1.82) is 0 Å². The number of hydrogen-bond donors (Lipinski definition) is 2. The van der Waals surface area contributed by atoms with Gasteiger partial charge in [-0.1, -0.05) is 51.1 Å². The van der Waals surface area contributed by atoms with Crippen LogP contribution in [0.3, 0.4) is 0 Å². The van der Waals surface area contributed by atoms with Gasteiger partial charge in [0, 0.05) is 5.41 Å². The van der Waals surface area contributed by atoms with Crippen LogP contribution in [0.15, 0.2) is 36.4 Å². The molecule has 0 fully saturated rings. The zero-order valence-corrected chi connectivity index (χ0v) is 13.9. The molecule has 0 heterocycles. The summed E-state index contributed by atoms with van der Waals surface area (Å²) in [5.41, 5.74) is 3.19. The van der Waals surface area contributed by atoms with Crippen LogP contribution in [0.5, 0.6) is 0 Å². The lowest BCUT2D eigenvalue weighted by atomic mass is 9.91. The van der Waals surface area contributed by atoms with Gasteiger partial charge in [-0.05, 0) is 52.9 Å². The molecule has 2 aromatic carbocycles. The molecule has 2 aromatic rings. The van der Waals surface area contributed by atoms with Crippen molar-refractivity contribution >= 4 is 16.8 Å². The molecule has 0 aromatic heterocycles. The van der Waals surface area contributed by atoms with E-state index < -0.39 is 6.10 Å². The van der Waals surface area contributed by atoms with Gasteiger partial charge in [0.2, 0.25) is 0 Å². The van der Waals surface area contributed by atoms with Crippen LogP contribution in [0, 0.1) is 5.41 Å². The van der Waals surface area contributed by atoms with Crippen molar-refractivity contribution in [3.63, 3.8) is 0 Å². The van der Waals surface area contributed by atoms with Gasteiger partial charge in [-0.15, -0.1) is 0 Å². The minimum atomic E-state index is -0.456. The van der Waals surface area contributed by atoms with Crippen LogP contribution >= 0.6 is 0 Å². The zero-order chi connectivity index (χ0) is 16.3. The van der Waals surface area contributed by atoms with Gasteiger partial charge in [-0.25, -0.2) is 0 Å². The molecule has 1 atom stereocenters. The van der Waals surface area contributed by atoms with E-state index in [9.17, 15) is 10.2 Å². The Hall–Kier alpha value is -1.64. The average Bonchev–Trinajstić information content (AvgIpc) is 2.51. The molecule has 0 spiro atoms. The monoisotopic (exact) mass is 298 g/mol. The van der Waals surface area contributed by atoms with Crippen molar-refractivity contribution in [2.75, 3.05) is 6.61 Å². The number of hydrogen-bond acceptors (Lipinski definition) is 2. The largest absolute Gasteiger partial charge is 0.395 e. The van der Waals surface area contributed by atoms with Crippen molar-refractivity contribution in [1.82, 2.24) is 0 Å². The highest BCUT2D eigenvalue weighted by molar-refractivity contribution is 5.86. The fourth-order valence-corrected chi connectivity index (χ4v) is 2.47. The van der Waals surface area contributed by atoms with Crippen LogP contribution in [-0.4, -0.2) is 16.8 Å². The SMILES string of the molecule is CCc1cc2ccc(C(C)O)cc2cc1C=CC(C)(C)CO. The second kappa shape index (κ2) is 6.64. The first kappa shape index (κ1) is 16.7. The lowest BCUT2D eigenvalue weighted by Crippen LogP contribution is -2.12. The van der Waals surface area contributed by atoms with E-state index in [2.05, 4.69) is 37.3 Å². The molecule has 1 unspecified atom stereocenters. The van der Waals surface area contributed by atoms with E-state index in [4.69, 9.17) is 0 Å². The Kier molecular flexibility index (Phi) is 5.05. The lowest BCUT2D eigenvalue weighted by Gasteiger charge is -2.16. The Morgan fingerprint density at radius 3 is 2.45 bits per heavy atom. The van der Waals surface area contributed by atoms with E-state index in [-0.39, 0.29) is 12.0 Å². The van der Waals surface area contributed by atoms with Crippen molar-refractivity contribution in [2.45, 2.75) is 40.2 Å². The van der Waals surface area contributed by atoms with Gasteiger partial charge in [0.15, 0.2) is 0 Å². The highest BCUT2D eigenvalue weighted by atomic mass is 16.3. The van der Waals surface area contributed by atoms with Crippen LogP contribution in [0.25, 0.3) is 16.8 Å². The average molecular weight is 298 g/mol. The molecular formula is C20H26O2. The molecule has 0 saturated heterocycles. The summed E-state index contributed by atoms with van der Waals surface area (Å²) in [6, 6.07) is 10.5. The molecule has 22 heavy (non-hydrogen) atoms. The first-order chi connectivity index (χ1) is 10.4. The minimum absolute atomic E-state index is 0.130. The second-order valence-corrected chi connectivity index (χ2v) is 6.67. The number of aryl methyl sites for hydroxylation is 1. The minimum Gasteiger partial charge on any atom is -0.395 e. The predicted octanol–water partition coefficient (Wildman–Crippen LogP) is 4.49. The van der Waals surface area contributed by atoms with Gasteiger partial charge in [0.1, 0.15) is 0 Å². The Morgan fingerprint density at radius 1 is 1.14 bits per heavy atom. The standard InChI is InChI=1S/C20H26O2/c1-5-15-10-17-7-6-16(14(2)22)11-19(17)12-18(15)8-9-20(3,4)13-21/h6-12,14,21-22H,5,13H2,1-4H3. The van der Waals surface area contributed by atoms with E-state index in [0.29, 0.717) is 0 Å². The lowest BCUT2D eigenvalue weighted by molar-refractivity contribution is 0.199. The van der Waals surface area contributed by atoms with Crippen LogP contribution in [-0.2, 0) is 6.42 Å². The van der Waals surface area contributed by atoms with Gasteiger partial charge in [-0.3, -0.25) is 0 Å². The summed E-state index contributed by atoms with van der Waals surface area (Å²) >= 11 is 0. The third kappa shape index (κ3) is 3.76. The fourth-order valence-electron chi connectivity index (χ4n) is 2.47. The molecule has 0 radical (unpaired) electrons. The smallest absolute Gasteiger partial charge is 0.0762 e. The van der Waals surface area contributed by atoms with Crippen LogP contribution in [0.2, 0.25) is 0 Å². The first-order valence-corrected chi connectivity index (χ1v) is 7.91. The van der Waals surface area contributed by atoms with Crippen molar-refractivity contribution < 1.29 is 10.2 Å². The summed E-state index contributed by atoms with van der Waals surface area (Å²) in [5.74, 6) is 0. The van der Waals surface area contributed by atoms with E-state index >= 15 is 0 Å². The summed E-state index contributed by atoms with van der Waals surface area (Å²) in [7, 11) is 0. The first-order valence-electron chi connectivity index (χ1n) is 7.91. The molecule has 2 heteroatoms. The molecule has 2 rings (SSSR count). The maximum absolute atomic E-state index is 9.75. The molecule has 118 valence electrons. The Labute approximate surface area is 133 Å². The third-order valence-electron chi connectivity index (χ3n) is 4.11. The number of rotatable bonds is 5. The quantitative estimate of drug-likeness (QED) is 0.854. The maximum Gasteiger partial charge on any atom is 0.0762 e. The summed E-state index contributed by atoms with van der Waals surface area (Å²) in [6.45, 7) is 8.10. The van der Waals surface area contributed by atoms with E-state index in [1.807, 2.05) is 26.0 Å². The van der Waals surface area contributed by atoms with E-state index in [1.54, 1.807) is 6.92 Å². The second-order valence-electron chi connectivity index (χ2n) is 6.67. The van der Waals surface area contributed by atoms with E-state index in [0.717, 1.165) is 17.4 Å². The summed E-state index contributed by atoms with van der Waals surface area (Å²) < 4.78 is 0. The molecule has 0 aliphatic carbocycles. The predicted molar refractivity (Wildman–Crippen MR) is 93.9 cm³/mol. The number of fused-ring (bicyclic) bond motifs is 1. The Morgan fingerprint density at radius 2 is 1.86 bits per heavy atom. The van der Waals surface area contributed by atoms with Crippen LogP contribution in [0.4, 0.5) is 0 Å². The van der Waals surface area contributed by atoms with Crippen LogP contribution in [0.1, 0.15) is 50.5 Å². The Bertz CT molecular complexity index is 681. The van der Waals surface area contributed by atoms with Gasteiger partial charge in [0.05, 0.1) is 12.7 Å². The fraction of sp³-hybridized carbons (Fsp3) is 0.400. The molecule has 0 amide bonds. The van der Waals surface area contributed by atoms with Gasteiger partial charge in [0.25, 0.3) is 0 Å². The normalized spacial score (nSPS) is 13.9. The molecule has 0 aliphatic heterocycles. The summed E-state index contributed by atoms with van der Waals surface area (Å²) in [5, 5.41) is 21.5. The number of benzene rings is 2. The highest BCUT2D eigenvalue weighted by Crippen LogP contribution is 2.26. The van der Waals surface area contributed by atoms with Gasteiger partial charge < -0.3 is 10.2 Å². The highest BCUT2D eigenvalue weighted by Gasteiger charge is 2.12. The molecular weight excluding hydrogens is 272 g/mol. The summed E-state index contributed by atoms with van der Waals surface area (Å²) in [6.07, 6.45) is 4.67. The van der Waals surface area contributed by atoms with Crippen LogP contribution < -0.4 is 0 Å². The maximum atomic E-state index is 9.75. The van der Waals surface area contributed by atoms with Gasteiger partial charge in [-0.2, -0.15) is 0 Å². The topological polar surface area (TPSA) is 40.5 Å². The molecule has 0 aliphatic rings. The molecule has 2 N–H and O–H groups in total. The van der Waals surface area contributed by atoms with Gasteiger partial charge >= 0.3 is 0 Å². The van der Waals surface area contributed by atoms with Crippen molar-refractivity contribution in [2.24, 2.45) is 5.41 Å². The third-order valence-corrected chi connectivity index (χ3v) is 4.11. The Balaban J connectivity index is 2.52. The van der Waals surface area contributed by atoms with Crippen molar-refractivity contribution in [3.05, 3.63) is 53.1 Å². The zero-order valence-electron chi connectivity index (χ0n) is 13.9.